The van der Waals surface area contributed by atoms with E-state index in [0.29, 0.717) is 19.6 Å². The fourth-order valence-corrected chi connectivity index (χ4v) is 0.892. The molecule has 0 aromatic rings. The van der Waals surface area contributed by atoms with Gasteiger partial charge in [-0.25, -0.2) is 4.79 Å². The SMILES string of the molecule is CC1COC(=O)O1.O=C1CCCO1. The number of carbonyl (C=O) groups is 2. The molecule has 0 bridgehead atoms. The highest BCUT2D eigenvalue weighted by Gasteiger charge is 2.19. The average Bonchev–Trinajstić information content (AvgIpc) is 2.64. The number of carbonyl (C=O) groups excluding carboxylic acids is 2. The molecule has 0 N–H and O–H groups in total. The Morgan fingerprint density at radius 2 is 2.08 bits per heavy atom. The zero-order chi connectivity index (χ0) is 9.68. The van der Waals surface area contributed by atoms with E-state index in [2.05, 4.69) is 14.2 Å². The minimum absolute atomic E-state index is 0.0463. The molecule has 1 atom stereocenters. The van der Waals surface area contributed by atoms with E-state index in [1.54, 1.807) is 6.92 Å². The van der Waals surface area contributed by atoms with Crippen LogP contribution in [0.3, 0.4) is 0 Å². The molecule has 13 heavy (non-hydrogen) atoms. The van der Waals surface area contributed by atoms with Gasteiger partial charge in [0.25, 0.3) is 0 Å². The summed E-state index contributed by atoms with van der Waals surface area (Å²) in [7, 11) is 0. The number of ether oxygens (including phenoxy) is 3. The lowest BCUT2D eigenvalue weighted by Gasteiger charge is -1.90. The van der Waals surface area contributed by atoms with E-state index in [-0.39, 0.29) is 12.1 Å². The third-order valence-electron chi connectivity index (χ3n) is 1.52. The number of hydrogen-bond donors (Lipinski definition) is 0. The van der Waals surface area contributed by atoms with Crippen molar-refractivity contribution in [2.24, 2.45) is 0 Å². The van der Waals surface area contributed by atoms with Gasteiger partial charge in [-0.15, -0.1) is 0 Å². The van der Waals surface area contributed by atoms with Crippen LogP contribution in [-0.2, 0) is 19.0 Å². The van der Waals surface area contributed by atoms with Crippen molar-refractivity contribution < 1.29 is 23.8 Å². The Morgan fingerprint density at radius 3 is 2.23 bits per heavy atom. The van der Waals surface area contributed by atoms with Gasteiger partial charge in [0.1, 0.15) is 12.7 Å². The highest BCUT2D eigenvalue weighted by molar-refractivity contribution is 5.70. The number of hydrogen-bond acceptors (Lipinski definition) is 5. The predicted molar refractivity (Wildman–Crippen MR) is 42.1 cm³/mol. The van der Waals surface area contributed by atoms with Gasteiger partial charge in [-0.1, -0.05) is 0 Å². The second-order valence-electron chi connectivity index (χ2n) is 2.81. The summed E-state index contributed by atoms with van der Waals surface area (Å²) in [5.74, 6) is -0.0463. The summed E-state index contributed by atoms with van der Waals surface area (Å²) >= 11 is 0. The molecule has 2 aliphatic rings. The summed E-state index contributed by atoms with van der Waals surface area (Å²) < 4.78 is 13.4. The van der Waals surface area contributed by atoms with Gasteiger partial charge >= 0.3 is 12.1 Å². The van der Waals surface area contributed by atoms with Crippen molar-refractivity contribution in [3.05, 3.63) is 0 Å². The number of rotatable bonds is 0. The maximum Gasteiger partial charge on any atom is 0.508 e. The molecule has 2 rings (SSSR count). The zero-order valence-corrected chi connectivity index (χ0v) is 7.45. The Labute approximate surface area is 76.0 Å². The monoisotopic (exact) mass is 188 g/mol. The van der Waals surface area contributed by atoms with Crippen LogP contribution >= 0.6 is 0 Å². The maximum atomic E-state index is 10.0. The van der Waals surface area contributed by atoms with E-state index < -0.39 is 6.16 Å². The Bertz CT molecular complexity index is 193. The molecule has 0 amide bonds. The first kappa shape index (κ1) is 9.83. The molecule has 74 valence electrons. The van der Waals surface area contributed by atoms with Crippen LogP contribution in [0.1, 0.15) is 19.8 Å². The van der Waals surface area contributed by atoms with E-state index in [1.165, 1.54) is 0 Å². The second kappa shape index (κ2) is 4.69. The lowest BCUT2D eigenvalue weighted by Crippen LogP contribution is -2.01. The Balaban J connectivity index is 0.000000132. The summed E-state index contributed by atoms with van der Waals surface area (Å²) in [6, 6.07) is 0. The van der Waals surface area contributed by atoms with Gasteiger partial charge in [-0.2, -0.15) is 0 Å². The van der Waals surface area contributed by atoms with Crippen molar-refractivity contribution in [2.45, 2.75) is 25.9 Å². The molecule has 0 aliphatic carbocycles. The van der Waals surface area contributed by atoms with Crippen LogP contribution in [0.5, 0.6) is 0 Å². The molecule has 0 aromatic heterocycles. The smallest absolute Gasteiger partial charge is 0.466 e. The van der Waals surface area contributed by atoms with Crippen LogP contribution in [0.2, 0.25) is 0 Å². The molecule has 5 nitrogen and oxygen atoms in total. The van der Waals surface area contributed by atoms with Gasteiger partial charge in [0.15, 0.2) is 0 Å². The molecule has 0 spiro atoms. The molecule has 2 heterocycles. The van der Waals surface area contributed by atoms with Crippen LogP contribution in [-0.4, -0.2) is 31.4 Å². The van der Waals surface area contributed by atoms with Crippen LogP contribution in [0, 0.1) is 0 Å². The third-order valence-corrected chi connectivity index (χ3v) is 1.52. The first-order chi connectivity index (χ1) is 6.18. The van der Waals surface area contributed by atoms with Gasteiger partial charge < -0.3 is 14.2 Å². The highest BCUT2D eigenvalue weighted by Crippen LogP contribution is 2.03. The molecule has 2 fully saturated rings. The fourth-order valence-electron chi connectivity index (χ4n) is 0.892. The lowest BCUT2D eigenvalue weighted by molar-refractivity contribution is -0.137. The average molecular weight is 188 g/mol. The summed E-state index contributed by atoms with van der Waals surface area (Å²) in [6.07, 6.45) is 0.943. The summed E-state index contributed by atoms with van der Waals surface area (Å²) in [6.45, 7) is 2.82. The number of cyclic esters (lactones) is 3. The van der Waals surface area contributed by atoms with Gasteiger partial charge in [0, 0.05) is 6.42 Å². The zero-order valence-electron chi connectivity index (χ0n) is 7.45. The summed E-state index contributed by atoms with van der Waals surface area (Å²) in [4.78, 5) is 20.0. The summed E-state index contributed by atoms with van der Waals surface area (Å²) in [5.41, 5.74) is 0. The van der Waals surface area contributed by atoms with E-state index >= 15 is 0 Å². The molecular formula is C8H12O5. The van der Waals surface area contributed by atoms with Gasteiger partial charge in [0.05, 0.1) is 6.61 Å². The normalized spacial score (nSPS) is 25.5. The van der Waals surface area contributed by atoms with Gasteiger partial charge in [0.2, 0.25) is 0 Å². The number of esters is 1. The van der Waals surface area contributed by atoms with E-state index in [9.17, 15) is 9.59 Å². The van der Waals surface area contributed by atoms with E-state index in [0.717, 1.165) is 6.42 Å². The van der Waals surface area contributed by atoms with Gasteiger partial charge in [-0.05, 0) is 13.3 Å². The second-order valence-corrected chi connectivity index (χ2v) is 2.81. The van der Waals surface area contributed by atoms with Crippen LogP contribution in [0.4, 0.5) is 4.79 Å². The molecule has 0 aromatic carbocycles. The Hall–Kier alpha value is -1.26. The largest absolute Gasteiger partial charge is 0.508 e. The van der Waals surface area contributed by atoms with Crippen molar-refractivity contribution in [3.8, 4) is 0 Å². The molecule has 1 unspecified atom stereocenters. The molecule has 0 saturated carbocycles. The minimum Gasteiger partial charge on any atom is -0.466 e. The first-order valence-electron chi connectivity index (χ1n) is 4.17. The standard InChI is InChI=1S/C4H6O3.C4H6O2/c1-3-2-6-4(5)7-3;5-4-2-1-3-6-4/h3H,2H2,1H3;1-3H2. The van der Waals surface area contributed by atoms with Crippen LogP contribution in [0.25, 0.3) is 0 Å². The molecule has 0 radical (unpaired) electrons. The highest BCUT2D eigenvalue weighted by atomic mass is 16.8. The Morgan fingerprint density at radius 1 is 1.31 bits per heavy atom. The van der Waals surface area contributed by atoms with E-state index in [1.807, 2.05) is 0 Å². The molecular weight excluding hydrogens is 176 g/mol. The van der Waals surface area contributed by atoms with Crippen molar-refractivity contribution in [1.82, 2.24) is 0 Å². The predicted octanol–water partition coefficient (Wildman–Crippen LogP) is 0.865. The molecule has 2 saturated heterocycles. The van der Waals surface area contributed by atoms with Crippen LogP contribution in [0.15, 0.2) is 0 Å². The third kappa shape index (κ3) is 3.78. The topological polar surface area (TPSA) is 61.8 Å². The van der Waals surface area contributed by atoms with Crippen molar-refractivity contribution in [1.29, 1.82) is 0 Å². The van der Waals surface area contributed by atoms with E-state index in [4.69, 9.17) is 0 Å². The van der Waals surface area contributed by atoms with Gasteiger partial charge in [-0.3, -0.25) is 4.79 Å². The lowest BCUT2D eigenvalue weighted by atomic mass is 10.4. The molecule has 5 heteroatoms. The van der Waals surface area contributed by atoms with Crippen LogP contribution < -0.4 is 0 Å². The van der Waals surface area contributed by atoms with Crippen molar-refractivity contribution in [3.63, 3.8) is 0 Å². The minimum atomic E-state index is -0.549. The first-order valence-corrected chi connectivity index (χ1v) is 4.17. The Kier molecular flexibility index (Phi) is 3.54. The molecule has 2 aliphatic heterocycles. The quantitative estimate of drug-likeness (QED) is 0.528. The summed E-state index contributed by atoms with van der Waals surface area (Å²) in [5, 5.41) is 0. The van der Waals surface area contributed by atoms with Crippen molar-refractivity contribution in [2.75, 3.05) is 13.2 Å². The fraction of sp³-hybridized carbons (Fsp3) is 0.750. The van der Waals surface area contributed by atoms with Crippen molar-refractivity contribution >= 4 is 12.1 Å². The maximum absolute atomic E-state index is 10.0.